The highest BCUT2D eigenvalue weighted by Crippen LogP contribution is 2.38. The van der Waals surface area contributed by atoms with E-state index in [4.69, 9.17) is 4.74 Å². The Morgan fingerprint density at radius 3 is 2.29 bits per heavy atom. The number of nitro groups is 1. The molecule has 1 saturated carbocycles. The van der Waals surface area contributed by atoms with E-state index in [1.165, 1.54) is 0 Å². The first-order valence-electron chi connectivity index (χ1n) is 8.96. The molecule has 1 aliphatic rings. The molecule has 0 atom stereocenters. The Hall–Kier alpha value is -2.52. The molecular weight excluding hydrogens is 379 g/mol. The summed E-state index contributed by atoms with van der Waals surface area (Å²) in [6, 6.07) is 2.29. The molecule has 156 valence electrons. The van der Waals surface area contributed by atoms with Gasteiger partial charge in [-0.25, -0.2) is 4.79 Å². The minimum Gasteiger partial charge on any atom is -0.444 e. The van der Waals surface area contributed by atoms with Crippen molar-refractivity contribution in [2.75, 3.05) is 5.32 Å². The quantitative estimate of drug-likeness (QED) is 0.409. The number of hydrogen-bond acceptors (Lipinski definition) is 5. The molecule has 0 aliphatic heterocycles. The summed E-state index contributed by atoms with van der Waals surface area (Å²) in [6.45, 7) is 5.11. The topological polar surface area (TPSA) is 93.5 Å². The number of benzene rings is 1. The number of rotatable bonds is 4. The van der Waals surface area contributed by atoms with Crippen molar-refractivity contribution in [3.05, 3.63) is 33.9 Å². The Morgan fingerprint density at radius 2 is 1.79 bits per heavy atom. The first kappa shape index (κ1) is 21.8. The molecule has 1 aromatic rings. The normalized spacial score (nSPS) is 16.9. The average molecular weight is 403 g/mol. The summed E-state index contributed by atoms with van der Waals surface area (Å²) in [7, 11) is 0. The molecule has 1 aliphatic carbocycles. The third-order valence-corrected chi connectivity index (χ3v) is 4.34. The van der Waals surface area contributed by atoms with E-state index in [2.05, 4.69) is 10.6 Å². The summed E-state index contributed by atoms with van der Waals surface area (Å²) < 4.78 is 44.0. The van der Waals surface area contributed by atoms with Gasteiger partial charge in [0.25, 0.3) is 5.69 Å². The second-order valence-corrected chi connectivity index (χ2v) is 7.88. The summed E-state index contributed by atoms with van der Waals surface area (Å²) >= 11 is 0. The molecule has 2 N–H and O–H groups in total. The fraction of sp³-hybridized carbons (Fsp3) is 0.611. The number of hydrogen-bond donors (Lipinski definition) is 2. The largest absolute Gasteiger partial charge is 0.444 e. The van der Waals surface area contributed by atoms with Crippen molar-refractivity contribution in [1.82, 2.24) is 5.32 Å². The Balaban J connectivity index is 2.34. The fourth-order valence-corrected chi connectivity index (χ4v) is 3.16. The predicted molar refractivity (Wildman–Crippen MR) is 96.9 cm³/mol. The van der Waals surface area contributed by atoms with Crippen LogP contribution in [0, 0.1) is 10.1 Å². The molecule has 0 heterocycles. The third kappa shape index (κ3) is 5.74. The van der Waals surface area contributed by atoms with E-state index in [9.17, 15) is 28.1 Å². The molecule has 1 fully saturated rings. The van der Waals surface area contributed by atoms with Gasteiger partial charge < -0.3 is 10.1 Å². The smallest absolute Gasteiger partial charge is 0.416 e. The highest BCUT2D eigenvalue weighted by molar-refractivity contribution is 5.71. The van der Waals surface area contributed by atoms with E-state index in [0.717, 1.165) is 31.4 Å². The Kier molecular flexibility index (Phi) is 6.10. The van der Waals surface area contributed by atoms with Gasteiger partial charge in [0, 0.05) is 6.07 Å². The van der Waals surface area contributed by atoms with Crippen LogP contribution in [-0.2, 0) is 10.9 Å². The number of halogens is 3. The number of nitrogens with one attached hydrogen (secondary N) is 2. The van der Waals surface area contributed by atoms with Crippen LogP contribution < -0.4 is 10.6 Å². The molecule has 10 heteroatoms. The SMILES string of the molecule is CC(C)(C)OC(=O)NC1(Nc2ccc(C(F)(F)F)cc2[N+](=O)[O-])CCCCC1. The zero-order valence-corrected chi connectivity index (χ0v) is 16.0. The summed E-state index contributed by atoms with van der Waals surface area (Å²) in [5.74, 6) is 0. The zero-order valence-electron chi connectivity index (χ0n) is 16.0. The summed E-state index contributed by atoms with van der Waals surface area (Å²) in [4.78, 5) is 22.7. The second-order valence-electron chi connectivity index (χ2n) is 7.88. The summed E-state index contributed by atoms with van der Waals surface area (Å²) in [5, 5.41) is 17.0. The number of anilines is 1. The van der Waals surface area contributed by atoms with Gasteiger partial charge in [-0.1, -0.05) is 6.42 Å². The van der Waals surface area contributed by atoms with Crippen LogP contribution in [0.3, 0.4) is 0 Å². The van der Waals surface area contributed by atoms with Crippen molar-refractivity contribution in [2.24, 2.45) is 0 Å². The zero-order chi connectivity index (χ0) is 21.2. The van der Waals surface area contributed by atoms with Gasteiger partial charge in [0.05, 0.1) is 10.5 Å². The Bertz CT molecular complexity index is 739. The Morgan fingerprint density at radius 1 is 1.18 bits per heavy atom. The van der Waals surface area contributed by atoms with Crippen molar-refractivity contribution < 1.29 is 27.6 Å². The number of carbonyl (C=O) groups is 1. The molecule has 7 nitrogen and oxygen atoms in total. The molecule has 0 radical (unpaired) electrons. The highest BCUT2D eigenvalue weighted by Gasteiger charge is 2.38. The number of nitro benzene ring substituents is 1. The van der Waals surface area contributed by atoms with Crippen LogP contribution in [0.4, 0.5) is 29.3 Å². The maximum absolute atomic E-state index is 12.9. The lowest BCUT2D eigenvalue weighted by Crippen LogP contribution is -2.56. The van der Waals surface area contributed by atoms with E-state index >= 15 is 0 Å². The molecule has 0 saturated heterocycles. The van der Waals surface area contributed by atoms with E-state index in [1.807, 2.05) is 0 Å². The highest BCUT2D eigenvalue weighted by atomic mass is 19.4. The maximum atomic E-state index is 12.9. The lowest BCUT2D eigenvalue weighted by molar-refractivity contribution is -0.384. The van der Waals surface area contributed by atoms with Gasteiger partial charge in [-0.15, -0.1) is 0 Å². The maximum Gasteiger partial charge on any atom is 0.416 e. The molecule has 1 aromatic carbocycles. The molecule has 0 bridgehead atoms. The van der Waals surface area contributed by atoms with Crippen LogP contribution in [-0.4, -0.2) is 22.3 Å². The summed E-state index contributed by atoms with van der Waals surface area (Å²) in [6.07, 6.45) is -2.05. The Labute approximate surface area is 160 Å². The molecular formula is C18H24F3N3O4. The van der Waals surface area contributed by atoms with Crippen LogP contribution in [0.1, 0.15) is 58.4 Å². The number of alkyl halides is 3. The van der Waals surface area contributed by atoms with Gasteiger partial charge in [-0.3, -0.25) is 15.4 Å². The van der Waals surface area contributed by atoms with Crippen molar-refractivity contribution in [1.29, 1.82) is 0 Å². The van der Waals surface area contributed by atoms with Crippen LogP contribution in [0.15, 0.2) is 18.2 Å². The molecule has 1 amide bonds. The minimum absolute atomic E-state index is 0.0871. The van der Waals surface area contributed by atoms with Crippen molar-refractivity contribution in [3.63, 3.8) is 0 Å². The molecule has 0 spiro atoms. The van der Waals surface area contributed by atoms with Gasteiger partial charge >= 0.3 is 12.3 Å². The molecule has 28 heavy (non-hydrogen) atoms. The first-order valence-corrected chi connectivity index (χ1v) is 8.96. The van der Waals surface area contributed by atoms with Crippen LogP contribution in [0.2, 0.25) is 0 Å². The second kappa shape index (κ2) is 7.84. The van der Waals surface area contributed by atoms with Gasteiger partial charge in [-0.05, 0) is 58.6 Å². The van der Waals surface area contributed by atoms with Crippen LogP contribution in [0.25, 0.3) is 0 Å². The van der Waals surface area contributed by atoms with Crippen LogP contribution >= 0.6 is 0 Å². The lowest BCUT2D eigenvalue weighted by atomic mass is 9.88. The molecule has 0 aromatic heterocycles. The lowest BCUT2D eigenvalue weighted by Gasteiger charge is -2.39. The van der Waals surface area contributed by atoms with Crippen molar-refractivity contribution >= 4 is 17.5 Å². The van der Waals surface area contributed by atoms with Crippen molar-refractivity contribution in [3.8, 4) is 0 Å². The minimum atomic E-state index is -4.69. The summed E-state index contributed by atoms with van der Waals surface area (Å²) in [5.41, 5.74) is -3.67. The van der Waals surface area contributed by atoms with Crippen LogP contribution in [0.5, 0.6) is 0 Å². The first-order chi connectivity index (χ1) is 12.8. The molecule has 0 unspecified atom stereocenters. The van der Waals surface area contributed by atoms with E-state index in [-0.39, 0.29) is 5.69 Å². The average Bonchev–Trinajstić information content (AvgIpc) is 2.52. The van der Waals surface area contributed by atoms with Crippen molar-refractivity contribution in [2.45, 2.75) is 70.3 Å². The van der Waals surface area contributed by atoms with E-state index in [1.54, 1.807) is 20.8 Å². The van der Waals surface area contributed by atoms with Gasteiger partial charge in [0.1, 0.15) is 17.0 Å². The van der Waals surface area contributed by atoms with E-state index in [0.29, 0.717) is 18.9 Å². The number of alkyl carbamates (subject to hydrolysis) is 1. The number of nitrogens with zero attached hydrogens (tertiary/aromatic N) is 1. The number of carbonyl (C=O) groups excluding carboxylic acids is 1. The van der Waals surface area contributed by atoms with E-state index < -0.39 is 39.7 Å². The number of ether oxygens (including phenoxy) is 1. The predicted octanol–water partition coefficient (Wildman–Crippen LogP) is 5.21. The number of amides is 1. The monoisotopic (exact) mass is 403 g/mol. The standard InChI is InChI=1S/C18H24F3N3O4/c1-16(2,3)28-15(25)23-17(9-5-4-6-10-17)22-13-8-7-12(18(19,20)21)11-14(13)24(26)27/h7-8,11,22H,4-6,9-10H2,1-3H3,(H,23,25). The van der Waals surface area contributed by atoms with Gasteiger partial charge in [-0.2, -0.15) is 13.2 Å². The van der Waals surface area contributed by atoms with Gasteiger partial charge in [0.15, 0.2) is 0 Å². The van der Waals surface area contributed by atoms with Gasteiger partial charge in [0.2, 0.25) is 0 Å². The fourth-order valence-electron chi connectivity index (χ4n) is 3.16. The third-order valence-electron chi connectivity index (χ3n) is 4.34. The molecule has 2 rings (SSSR count).